The molecule has 0 aliphatic rings. The summed E-state index contributed by atoms with van der Waals surface area (Å²) in [5.41, 5.74) is 1.98. The van der Waals surface area contributed by atoms with E-state index in [1.807, 2.05) is 36.4 Å². The third-order valence-corrected chi connectivity index (χ3v) is 5.58. The average Bonchev–Trinajstić information content (AvgIpc) is 2.74. The molecule has 150 valence electrons. The van der Waals surface area contributed by atoms with Gasteiger partial charge in [-0.3, -0.25) is 4.79 Å². The number of carbonyl (C=O) groups excluding carboxylic acids is 1. The molecule has 0 aliphatic carbocycles. The van der Waals surface area contributed by atoms with Crippen LogP contribution < -0.4 is 14.8 Å². The third-order valence-electron chi connectivity index (χ3n) is 4.25. The molecule has 3 rings (SSSR count). The van der Waals surface area contributed by atoms with Crippen LogP contribution in [0.2, 0.25) is 0 Å². The first kappa shape index (κ1) is 20.6. The number of rotatable bonds is 8. The molecule has 2 N–H and O–H groups in total. The fourth-order valence-electron chi connectivity index (χ4n) is 2.68. The fraction of sp³-hybridized carbons (Fsp3) is 0.136. The summed E-state index contributed by atoms with van der Waals surface area (Å²) in [7, 11) is -1.92. The molecule has 0 fully saturated rings. The molecule has 7 heteroatoms. The lowest BCUT2D eigenvalue weighted by atomic mass is 10.1. The van der Waals surface area contributed by atoms with Crippen molar-refractivity contribution < 1.29 is 17.9 Å². The van der Waals surface area contributed by atoms with E-state index in [2.05, 4.69) is 10.0 Å². The smallest absolute Gasteiger partial charge is 0.255 e. The van der Waals surface area contributed by atoms with Crippen molar-refractivity contribution in [3.05, 3.63) is 95.6 Å². The predicted octanol–water partition coefficient (Wildman–Crippen LogP) is 3.46. The van der Waals surface area contributed by atoms with E-state index >= 15 is 0 Å². The van der Waals surface area contributed by atoms with E-state index < -0.39 is 10.0 Å². The Hall–Kier alpha value is -3.16. The summed E-state index contributed by atoms with van der Waals surface area (Å²) in [5.74, 6) is 0.794. The van der Waals surface area contributed by atoms with Crippen molar-refractivity contribution in [1.29, 1.82) is 0 Å². The maximum Gasteiger partial charge on any atom is 0.255 e. The molecule has 0 saturated heterocycles. The molecule has 0 bridgehead atoms. The Morgan fingerprint density at radius 1 is 0.862 bits per heavy atom. The summed E-state index contributed by atoms with van der Waals surface area (Å²) in [4.78, 5) is 12.6. The van der Waals surface area contributed by atoms with Crippen LogP contribution in [0.5, 0.6) is 11.5 Å². The van der Waals surface area contributed by atoms with Gasteiger partial charge in [-0.1, -0.05) is 54.6 Å². The van der Waals surface area contributed by atoms with Gasteiger partial charge in [0, 0.05) is 6.54 Å². The van der Waals surface area contributed by atoms with Gasteiger partial charge in [-0.2, -0.15) is 0 Å². The number of carbonyl (C=O) groups is 1. The molecule has 1 amide bonds. The number of sulfonamides is 1. The van der Waals surface area contributed by atoms with Crippen molar-refractivity contribution in [2.45, 2.75) is 12.3 Å². The first-order valence-electron chi connectivity index (χ1n) is 9.06. The number of para-hydroxylation sites is 2. The highest BCUT2D eigenvalue weighted by Gasteiger charge is 2.13. The number of ether oxygens (including phenoxy) is 1. The van der Waals surface area contributed by atoms with Crippen LogP contribution in [0.15, 0.2) is 78.9 Å². The number of benzene rings is 3. The normalized spacial score (nSPS) is 11.1. The van der Waals surface area contributed by atoms with Crippen LogP contribution in [0.25, 0.3) is 0 Å². The zero-order valence-corrected chi connectivity index (χ0v) is 16.8. The molecule has 0 unspecified atom stereocenters. The van der Waals surface area contributed by atoms with E-state index in [1.54, 1.807) is 42.5 Å². The molecule has 3 aromatic rings. The minimum atomic E-state index is -3.31. The summed E-state index contributed by atoms with van der Waals surface area (Å²) in [5, 5.41) is 2.87. The van der Waals surface area contributed by atoms with E-state index in [1.165, 1.54) is 7.05 Å². The van der Waals surface area contributed by atoms with Gasteiger partial charge in [-0.15, -0.1) is 0 Å². The topological polar surface area (TPSA) is 84.5 Å². The molecule has 0 aromatic heterocycles. The minimum Gasteiger partial charge on any atom is -0.457 e. The van der Waals surface area contributed by atoms with Crippen molar-refractivity contribution in [2.75, 3.05) is 7.05 Å². The molecule has 0 radical (unpaired) electrons. The molecule has 0 aliphatic heterocycles. The molecular formula is C22H22N2O4S. The molecular weight excluding hydrogens is 388 g/mol. The Labute approximate surface area is 170 Å². The standard InChI is InChI=1S/C22H22N2O4S/c1-23-29(26,27)16-18-13-11-17(12-14-18)15-24-22(25)20-9-5-6-10-21(20)28-19-7-3-2-4-8-19/h2-14,23H,15-16H2,1H3,(H,24,25). The maximum atomic E-state index is 12.6. The van der Waals surface area contributed by atoms with Crippen molar-refractivity contribution in [1.82, 2.24) is 10.0 Å². The van der Waals surface area contributed by atoms with Crippen LogP contribution >= 0.6 is 0 Å². The molecule has 6 nitrogen and oxygen atoms in total. The number of hydrogen-bond donors (Lipinski definition) is 2. The van der Waals surface area contributed by atoms with Gasteiger partial charge in [0.2, 0.25) is 10.0 Å². The van der Waals surface area contributed by atoms with E-state index in [0.29, 0.717) is 29.2 Å². The van der Waals surface area contributed by atoms with E-state index in [9.17, 15) is 13.2 Å². The lowest BCUT2D eigenvalue weighted by molar-refractivity contribution is 0.0948. The second kappa shape index (κ2) is 9.36. The van der Waals surface area contributed by atoms with Gasteiger partial charge in [0.05, 0.1) is 11.3 Å². The number of nitrogens with one attached hydrogen (secondary N) is 2. The first-order chi connectivity index (χ1) is 14.0. The van der Waals surface area contributed by atoms with Crippen molar-refractivity contribution in [2.24, 2.45) is 0 Å². The van der Waals surface area contributed by atoms with E-state index in [-0.39, 0.29) is 11.7 Å². The Bertz CT molecular complexity index is 1070. The Kier molecular flexibility index (Phi) is 6.64. The van der Waals surface area contributed by atoms with Crippen molar-refractivity contribution in [3.63, 3.8) is 0 Å². The van der Waals surface area contributed by atoms with Crippen LogP contribution in [-0.2, 0) is 22.3 Å². The SMILES string of the molecule is CNS(=O)(=O)Cc1ccc(CNC(=O)c2ccccc2Oc2ccccc2)cc1. The van der Waals surface area contributed by atoms with Gasteiger partial charge in [0.15, 0.2) is 0 Å². The highest BCUT2D eigenvalue weighted by atomic mass is 32.2. The lowest BCUT2D eigenvalue weighted by Crippen LogP contribution is -2.23. The summed E-state index contributed by atoms with van der Waals surface area (Å²) in [6.45, 7) is 0.317. The summed E-state index contributed by atoms with van der Waals surface area (Å²) < 4.78 is 31.3. The van der Waals surface area contributed by atoms with Crippen molar-refractivity contribution >= 4 is 15.9 Å². The number of hydrogen-bond acceptors (Lipinski definition) is 4. The third kappa shape index (κ3) is 5.91. The Balaban J connectivity index is 1.64. The Morgan fingerprint density at radius 2 is 1.48 bits per heavy atom. The molecule has 29 heavy (non-hydrogen) atoms. The van der Waals surface area contributed by atoms with Crippen LogP contribution in [0.1, 0.15) is 21.5 Å². The second-order valence-electron chi connectivity index (χ2n) is 6.37. The highest BCUT2D eigenvalue weighted by molar-refractivity contribution is 7.88. The maximum absolute atomic E-state index is 12.6. The van der Waals surface area contributed by atoms with Crippen LogP contribution in [-0.4, -0.2) is 21.4 Å². The molecule has 3 aromatic carbocycles. The summed E-state index contributed by atoms with van der Waals surface area (Å²) in [6, 6.07) is 23.4. The Morgan fingerprint density at radius 3 is 2.17 bits per heavy atom. The summed E-state index contributed by atoms with van der Waals surface area (Å²) >= 11 is 0. The predicted molar refractivity (Wildman–Crippen MR) is 112 cm³/mol. The van der Waals surface area contributed by atoms with Gasteiger partial charge < -0.3 is 10.1 Å². The zero-order valence-electron chi connectivity index (χ0n) is 16.0. The lowest BCUT2D eigenvalue weighted by Gasteiger charge is -2.12. The van der Waals surface area contributed by atoms with Gasteiger partial charge in [0.25, 0.3) is 5.91 Å². The zero-order chi connectivity index (χ0) is 20.7. The second-order valence-corrected chi connectivity index (χ2v) is 8.30. The van der Waals surface area contributed by atoms with Gasteiger partial charge >= 0.3 is 0 Å². The quantitative estimate of drug-likeness (QED) is 0.596. The van der Waals surface area contributed by atoms with Gasteiger partial charge in [-0.05, 0) is 42.4 Å². The minimum absolute atomic E-state index is 0.0830. The molecule has 0 spiro atoms. The summed E-state index contributed by atoms with van der Waals surface area (Å²) in [6.07, 6.45) is 0. The molecule has 0 heterocycles. The van der Waals surface area contributed by atoms with Crippen LogP contribution in [0.4, 0.5) is 0 Å². The van der Waals surface area contributed by atoms with Crippen LogP contribution in [0.3, 0.4) is 0 Å². The van der Waals surface area contributed by atoms with Gasteiger partial charge in [-0.25, -0.2) is 13.1 Å². The molecule has 0 atom stereocenters. The molecule has 0 saturated carbocycles. The first-order valence-corrected chi connectivity index (χ1v) is 10.7. The monoisotopic (exact) mass is 410 g/mol. The van der Waals surface area contributed by atoms with Crippen LogP contribution in [0, 0.1) is 0 Å². The fourth-order valence-corrected chi connectivity index (χ4v) is 3.46. The average molecular weight is 410 g/mol. The van der Waals surface area contributed by atoms with Gasteiger partial charge in [0.1, 0.15) is 11.5 Å². The highest BCUT2D eigenvalue weighted by Crippen LogP contribution is 2.25. The van der Waals surface area contributed by atoms with Crippen molar-refractivity contribution in [3.8, 4) is 11.5 Å². The van der Waals surface area contributed by atoms with E-state index in [4.69, 9.17) is 4.74 Å². The van der Waals surface area contributed by atoms with E-state index in [0.717, 1.165) is 5.56 Å². The number of amides is 1. The largest absolute Gasteiger partial charge is 0.457 e.